The molecule has 0 spiro atoms. The zero-order valence-corrected chi connectivity index (χ0v) is 20.5. The number of carboxylic acids is 1. The molecule has 4 rings (SSSR count). The Morgan fingerprint density at radius 2 is 2.00 bits per heavy atom. The Kier molecular flexibility index (Phi) is 6.83. The van der Waals surface area contributed by atoms with Crippen LogP contribution in [0.1, 0.15) is 86.0 Å². The molecule has 2 aromatic carbocycles. The number of benzene rings is 2. The van der Waals surface area contributed by atoms with Crippen LogP contribution in [0.25, 0.3) is 11.0 Å². The first-order chi connectivity index (χ1) is 16.2. The number of fused-ring (bicyclic) bond motifs is 1. The van der Waals surface area contributed by atoms with Crippen LogP contribution in [-0.4, -0.2) is 23.0 Å². The van der Waals surface area contributed by atoms with Crippen molar-refractivity contribution in [3.8, 4) is 5.75 Å². The zero-order valence-electron chi connectivity index (χ0n) is 20.5. The Morgan fingerprint density at radius 1 is 1.21 bits per heavy atom. The minimum Gasteiger partial charge on any atom is -0.482 e. The Bertz CT molecular complexity index is 1200. The van der Waals surface area contributed by atoms with Gasteiger partial charge in [-0.25, -0.2) is 4.79 Å². The summed E-state index contributed by atoms with van der Waals surface area (Å²) in [7, 11) is 0. The lowest BCUT2D eigenvalue weighted by molar-refractivity contribution is -0.137. The van der Waals surface area contributed by atoms with Crippen LogP contribution in [0.2, 0.25) is 0 Å². The highest BCUT2D eigenvalue weighted by Gasteiger charge is 2.38. The smallest absolute Gasteiger partial charge is 0.371 e. The van der Waals surface area contributed by atoms with E-state index >= 15 is 0 Å². The lowest BCUT2D eigenvalue weighted by Gasteiger charge is -2.33. The van der Waals surface area contributed by atoms with E-state index in [1.807, 2.05) is 38.1 Å². The van der Waals surface area contributed by atoms with Gasteiger partial charge in [-0.1, -0.05) is 39.0 Å². The Hall–Kier alpha value is -3.08. The van der Waals surface area contributed by atoms with E-state index in [4.69, 9.17) is 14.3 Å². The summed E-state index contributed by atoms with van der Waals surface area (Å²) in [6.45, 7) is 8.28. The highest BCUT2D eigenvalue weighted by molar-refractivity contribution is 5.91. The van der Waals surface area contributed by atoms with Crippen LogP contribution in [-0.2, 0) is 11.2 Å². The summed E-state index contributed by atoms with van der Waals surface area (Å²) >= 11 is 0. The molecule has 2 atom stereocenters. The number of carbonyl (C=O) groups is 2. The summed E-state index contributed by atoms with van der Waals surface area (Å²) in [6, 6.07) is 13.8. The number of aryl methyl sites for hydroxylation is 2. The van der Waals surface area contributed by atoms with Crippen LogP contribution in [0.3, 0.4) is 0 Å². The average molecular weight is 463 g/mol. The maximum atomic E-state index is 12.8. The molecule has 5 heteroatoms. The normalized spacial score (nSPS) is 18.7. The molecule has 1 saturated carbocycles. The van der Waals surface area contributed by atoms with Crippen molar-refractivity contribution in [1.82, 2.24) is 0 Å². The first-order valence-electron chi connectivity index (χ1n) is 12.2. The predicted molar refractivity (Wildman–Crippen MR) is 133 cm³/mol. The number of carbonyl (C=O) groups excluding carboxylic acids is 1. The van der Waals surface area contributed by atoms with Crippen LogP contribution in [0.4, 0.5) is 0 Å². The number of Topliss-reactive ketones (excluding diaryl/α,β-unsaturated/α-hetero) is 1. The molecular weight excluding hydrogens is 428 g/mol. The van der Waals surface area contributed by atoms with Gasteiger partial charge in [-0.3, -0.25) is 4.79 Å². The lowest BCUT2D eigenvalue weighted by atomic mass is 9.75. The minimum atomic E-state index is -1.05. The van der Waals surface area contributed by atoms with Crippen LogP contribution in [0.15, 0.2) is 46.9 Å². The van der Waals surface area contributed by atoms with Gasteiger partial charge in [-0.2, -0.15) is 0 Å². The Balaban J connectivity index is 1.43. The Morgan fingerprint density at radius 3 is 2.71 bits per heavy atom. The molecule has 180 valence electrons. The van der Waals surface area contributed by atoms with E-state index in [1.165, 1.54) is 11.1 Å². The molecule has 0 saturated heterocycles. The average Bonchev–Trinajstić information content (AvgIpc) is 3.23. The number of hydrogen-bond donors (Lipinski definition) is 1. The standard InChI is InChI=1S/C29H34O5/c1-5-20(10-8-19-9-12-24-22(16-19)17-26(34-24)28(31)32)21-11-13-23(18(2)15-21)33-25-7-6-14-29(3,4)27(25)30/h9,11-13,15-17,20,25H,5-8,10,14H2,1-4H3,(H,31,32). The van der Waals surface area contributed by atoms with Crippen LogP contribution in [0, 0.1) is 12.3 Å². The van der Waals surface area contributed by atoms with Gasteiger partial charge in [-0.15, -0.1) is 0 Å². The van der Waals surface area contributed by atoms with Gasteiger partial charge >= 0.3 is 5.97 Å². The van der Waals surface area contributed by atoms with Crippen molar-refractivity contribution in [3.05, 3.63) is 64.9 Å². The van der Waals surface area contributed by atoms with Gasteiger partial charge in [0.15, 0.2) is 11.9 Å². The quantitative estimate of drug-likeness (QED) is 0.387. The molecule has 5 nitrogen and oxygen atoms in total. The third kappa shape index (κ3) is 5.03. The first kappa shape index (κ1) is 24.1. The van der Waals surface area contributed by atoms with Gasteiger partial charge < -0.3 is 14.3 Å². The molecule has 34 heavy (non-hydrogen) atoms. The fourth-order valence-corrected chi connectivity index (χ4v) is 5.05. The summed E-state index contributed by atoms with van der Waals surface area (Å²) in [5, 5.41) is 9.96. The largest absolute Gasteiger partial charge is 0.482 e. The van der Waals surface area contributed by atoms with Gasteiger partial charge in [-0.05, 0) is 92.3 Å². The van der Waals surface area contributed by atoms with Crippen molar-refractivity contribution in [1.29, 1.82) is 0 Å². The van der Waals surface area contributed by atoms with Crippen molar-refractivity contribution in [2.75, 3.05) is 0 Å². The second kappa shape index (κ2) is 9.65. The molecule has 1 heterocycles. The van der Waals surface area contributed by atoms with E-state index < -0.39 is 5.97 Å². The SMILES string of the molecule is CCC(CCc1ccc2oc(C(=O)O)cc2c1)c1ccc(OC2CCCC(C)(C)C2=O)c(C)c1. The van der Waals surface area contributed by atoms with Crippen molar-refractivity contribution in [2.45, 2.75) is 78.2 Å². The number of rotatable bonds is 8. The predicted octanol–water partition coefficient (Wildman–Crippen LogP) is 7.09. The van der Waals surface area contributed by atoms with E-state index in [0.717, 1.165) is 55.2 Å². The van der Waals surface area contributed by atoms with Crippen molar-refractivity contribution < 1.29 is 23.8 Å². The fourth-order valence-electron chi connectivity index (χ4n) is 5.05. The van der Waals surface area contributed by atoms with Gasteiger partial charge in [0.1, 0.15) is 11.3 Å². The van der Waals surface area contributed by atoms with Crippen molar-refractivity contribution >= 4 is 22.7 Å². The number of ketones is 1. The second-order valence-corrected chi connectivity index (χ2v) is 10.2. The molecule has 0 amide bonds. The van der Waals surface area contributed by atoms with Crippen LogP contribution < -0.4 is 4.74 Å². The molecule has 3 aromatic rings. The number of carboxylic acid groups (broad SMARTS) is 1. The summed E-state index contributed by atoms with van der Waals surface area (Å²) in [5.74, 6) is 0.323. The van der Waals surface area contributed by atoms with Gasteiger partial charge in [0, 0.05) is 10.8 Å². The molecule has 0 aliphatic heterocycles. The molecular formula is C29H34O5. The van der Waals surface area contributed by atoms with Gasteiger partial charge in [0.05, 0.1) is 0 Å². The third-order valence-corrected chi connectivity index (χ3v) is 7.23. The molecule has 1 aromatic heterocycles. The summed E-state index contributed by atoms with van der Waals surface area (Å²) in [6.07, 6.45) is 5.28. The van der Waals surface area contributed by atoms with Crippen molar-refractivity contribution in [2.24, 2.45) is 5.41 Å². The lowest BCUT2D eigenvalue weighted by Crippen LogP contribution is -2.42. The maximum Gasteiger partial charge on any atom is 0.371 e. The van der Waals surface area contributed by atoms with Gasteiger partial charge in [0.2, 0.25) is 5.76 Å². The fraction of sp³-hybridized carbons (Fsp3) is 0.448. The molecule has 1 N–H and O–H groups in total. The van der Waals surface area contributed by atoms with E-state index in [0.29, 0.717) is 11.5 Å². The molecule has 0 bridgehead atoms. The third-order valence-electron chi connectivity index (χ3n) is 7.23. The van der Waals surface area contributed by atoms with Crippen LogP contribution in [0.5, 0.6) is 5.75 Å². The summed E-state index contributed by atoms with van der Waals surface area (Å²) in [5.41, 5.74) is 3.80. The summed E-state index contributed by atoms with van der Waals surface area (Å²) in [4.78, 5) is 23.9. The number of aromatic carboxylic acids is 1. The van der Waals surface area contributed by atoms with Crippen molar-refractivity contribution in [3.63, 3.8) is 0 Å². The van der Waals surface area contributed by atoms with Gasteiger partial charge in [0.25, 0.3) is 0 Å². The molecule has 1 fully saturated rings. The van der Waals surface area contributed by atoms with E-state index in [1.54, 1.807) is 6.07 Å². The first-order valence-corrected chi connectivity index (χ1v) is 12.2. The number of ether oxygens (including phenoxy) is 1. The molecule has 2 unspecified atom stereocenters. The maximum absolute atomic E-state index is 12.8. The zero-order chi connectivity index (χ0) is 24.5. The molecule has 1 aliphatic rings. The summed E-state index contributed by atoms with van der Waals surface area (Å²) < 4.78 is 11.6. The number of hydrogen-bond acceptors (Lipinski definition) is 4. The number of furan rings is 1. The monoisotopic (exact) mass is 462 g/mol. The topological polar surface area (TPSA) is 76.7 Å². The van der Waals surface area contributed by atoms with E-state index in [9.17, 15) is 9.59 Å². The molecule has 1 aliphatic carbocycles. The second-order valence-electron chi connectivity index (χ2n) is 10.2. The molecule has 0 radical (unpaired) electrons. The highest BCUT2D eigenvalue weighted by Crippen LogP contribution is 2.36. The highest BCUT2D eigenvalue weighted by atomic mass is 16.5. The van der Waals surface area contributed by atoms with E-state index in [2.05, 4.69) is 26.0 Å². The Labute approximate surface area is 201 Å². The van der Waals surface area contributed by atoms with E-state index in [-0.39, 0.29) is 23.1 Å². The minimum absolute atomic E-state index is 0.0325. The van der Waals surface area contributed by atoms with Crippen LogP contribution >= 0.6 is 0 Å².